The minimum absolute atomic E-state index is 0.0557. The van der Waals surface area contributed by atoms with Crippen molar-refractivity contribution in [3.63, 3.8) is 0 Å². The molecule has 0 bridgehead atoms. The van der Waals surface area contributed by atoms with Gasteiger partial charge in [0.05, 0.1) is 0 Å². The predicted molar refractivity (Wildman–Crippen MR) is 104 cm³/mol. The van der Waals surface area contributed by atoms with Gasteiger partial charge in [-0.05, 0) is 31.2 Å². The SMILES string of the molecule is C/C(=N/N=C1\NC(=O)[C@@H](CC(=O)Nc2ccc(Cl)cc2)S1)C(C)(C)C. The van der Waals surface area contributed by atoms with Crippen molar-refractivity contribution < 1.29 is 9.59 Å². The lowest BCUT2D eigenvalue weighted by Crippen LogP contribution is -2.28. The average molecular weight is 381 g/mol. The number of hydrogen-bond acceptors (Lipinski definition) is 5. The highest BCUT2D eigenvalue weighted by atomic mass is 35.5. The van der Waals surface area contributed by atoms with Crippen LogP contribution in [0.2, 0.25) is 5.02 Å². The molecular formula is C17H21ClN4O2S. The Morgan fingerprint density at radius 1 is 1.32 bits per heavy atom. The number of halogens is 1. The van der Waals surface area contributed by atoms with Gasteiger partial charge in [-0.25, -0.2) is 0 Å². The molecule has 1 fully saturated rings. The molecule has 2 amide bonds. The topological polar surface area (TPSA) is 82.9 Å². The molecule has 0 saturated carbocycles. The second-order valence-corrected chi connectivity index (χ2v) is 8.32. The molecule has 6 nitrogen and oxygen atoms in total. The summed E-state index contributed by atoms with van der Waals surface area (Å²) in [6.45, 7) is 8.01. The number of amidine groups is 1. The first kappa shape index (κ1) is 19.5. The van der Waals surface area contributed by atoms with Crippen molar-refractivity contribution in [1.29, 1.82) is 0 Å². The van der Waals surface area contributed by atoms with Crippen molar-refractivity contribution in [2.75, 3.05) is 5.32 Å². The number of amides is 2. The lowest BCUT2D eigenvalue weighted by atomic mass is 9.91. The summed E-state index contributed by atoms with van der Waals surface area (Å²) in [5.41, 5.74) is 1.41. The largest absolute Gasteiger partial charge is 0.326 e. The summed E-state index contributed by atoms with van der Waals surface area (Å²) >= 11 is 7.02. The summed E-state index contributed by atoms with van der Waals surface area (Å²) in [7, 11) is 0. The number of benzene rings is 1. The van der Waals surface area contributed by atoms with Crippen LogP contribution in [0.1, 0.15) is 34.1 Å². The highest BCUT2D eigenvalue weighted by molar-refractivity contribution is 8.15. The number of carbonyl (C=O) groups is 2. The third kappa shape index (κ3) is 5.86. The fourth-order valence-electron chi connectivity index (χ4n) is 1.77. The summed E-state index contributed by atoms with van der Waals surface area (Å²) in [4.78, 5) is 24.1. The third-order valence-electron chi connectivity index (χ3n) is 3.65. The monoisotopic (exact) mass is 380 g/mol. The average Bonchev–Trinajstić information content (AvgIpc) is 2.86. The molecule has 0 unspecified atom stereocenters. The predicted octanol–water partition coefficient (Wildman–Crippen LogP) is 3.68. The number of thioether (sulfide) groups is 1. The van der Waals surface area contributed by atoms with E-state index in [1.807, 2.05) is 27.7 Å². The van der Waals surface area contributed by atoms with Gasteiger partial charge in [0.1, 0.15) is 5.25 Å². The van der Waals surface area contributed by atoms with E-state index in [0.717, 1.165) is 5.71 Å². The fourth-order valence-corrected chi connectivity index (χ4v) is 2.81. The van der Waals surface area contributed by atoms with Crippen LogP contribution in [-0.4, -0.2) is 27.9 Å². The van der Waals surface area contributed by atoms with E-state index < -0.39 is 5.25 Å². The van der Waals surface area contributed by atoms with Crippen LogP contribution in [0.15, 0.2) is 34.5 Å². The normalized spacial score (nSPS) is 19.9. The van der Waals surface area contributed by atoms with Gasteiger partial charge >= 0.3 is 0 Å². The second kappa shape index (κ2) is 8.01. The van der Waals surface area contributed by atoms with Gasteiger partial charge in [-0.3, -0.25) is 9.59 Å². The standard InChI is InChI=1S/C17H21ClN4O2S/c1-10(17(2,3)4)21-22-16-20-15(24)13(25-16)9-14(23)19-12-7-5-11(18)6-8-12/h5-8,13H,9H2,1-4H3,(H,19,23)(H,20,22,24)/b21-10-/t13-/m1/s1. The Labute approximate surface area is 156 Å². The maximum atomic E-state index is 12.1. The Bertz CT molecular complexity index is 723. The van der Waals surface area contributed by atoms with Gasteiger partial charge in [-0.15, -0.1) is 5.10 Å². The van der Waals surface area contributed by atoms with Gasteiger partial charge in [0, 0.05) is 28.3 Å². The molecule has 25 heavy (non-hydrogen) atoms. The maximum absolute atomic E-state index is 12.1. The number of nitrogens with one attached hydrogen (secondary N) is 2. The quantitative estimate of drug-likeness (QED) is 0.617. The zero-order chi connectivity index (χ0) is 18.6. The third-order valence-corrected chi connectivity index (χ3v) is 4.98. The lowest BCUT2D eigenvalue weighted by molar-refractivity contribution is -0.122. The number of nitrogens with zero attached hydrogens (tertiary/aromatic N) is 2. The Morgan fingerprint density at radius 3 is 2.56 bits per heavy atom. The first-order chi connectivity index (χ1) is 11.6. The van der Waals surface area contributed by atoms with Crippen molar-refractivity contribution in [1.82, 2.24) is 5.32 Å². The van der Waals surface area contributed by atoms with Gasteiger partial charge in [-0.1, -0.05) is 44.1 Å². The van der Waals surface area contributed by atoms with E-state index in [1.165, 1.54) is 11.8 Å². The molecule has 2 N–H and O–H groups in total. The molecule has 8 heteroatoms. The molecule has 1 atom stereocenters. The van der Waals surface area contributed by atoms with E-state index in [0.29, 0.717) is 15.9 Å². The van der Waals surface area contributed by atoms with Crippen molar-refractivity contribution in [3.05, 3.63) is 29.3 Å². The molecule has 1 aromatic rings. The number of anilines is 1. The fraction of sp³-hybridized carbons (Fsp3) is 0.412. The zero-order valence-electron chi connectivity index (χ0n) is 14.6. The molecule has 0 aliphatic carbocycles. The first-order valence-electron chi connectivity index (χ1n) is 7.81. The highest BCUT2D eigenvalue weighted by Crippen LogP contribution is 2.24. The molecule has 2 rings (SSSR count). The smallest absolute Gasteiger partial charge is 0.240 e. The maximum Gasteiger partial charge on any atom is 0.240 e. The zero-order valence-corrected chi connectivity index (χ0v) is 16.2. The van der Waals surface area contributed by atoms with Crippen LogP contribution in [-0.2, 0) is 9.59 Å². The van der Waals surface area contributed by atoms with Gasteiger partial charge in [-0.2, -0.15) is 5.10 Å². The minimum Gasteiger partial charge on any atom is -0.326 e. The molecule has 1 aliphatic heterocycles. The summed E-state index contributed by atoms with van der Waals surface area (Å²) in [5.74, 6) is -0.482. The van der Waals surface area contributed by atoms with Crippen molar-refractivity contribution in [2.45, 2.75) is 39.4 Å². The molecule has 0 aromatic heterocycles. The summed E-state index contributed by atoms with van der Waals surface area (Å²) in [6.07, 6.45) is 0.0557. The molecule has 1 saturated heterocycles. The van der Waals surface area contributed by atoms with Crippen molar-refractivity contribution in [3.8, 4) is 0 Å². The van der Waals surface area contributed by atoms with E-state index in [4.69, 9.17) is 11.6 Å². The van der Waals surface area contributed by atoms with Gasteiger partial charge in [0.15, 0.2) is 5.17 Å². The second-order valence-electron chi connectivity index (χ2n) is 6.70. The van der Waals surface area contributed by atoms with Crippen LogP contribution in [0.5, 0.6) is 0 Å². The van der Waals surface area contributed by atoms with Gasteiger partial charge in [0.25, 0.3) is 0 Å². The Balaban J connectivity index is 1.94. The first-order valence-corrected chi connectivity index (χ1v) is 9.06. The molecule has 1 heterocycles. The number of carbonyl (C=O) groups excluding carboxylic acids is 2. The summed E-state index contributed by atoms with van der Waals surface area (Å²) < 4.78 is 0. The Hall–Kier alpha value is -1.86. The molecular weight excluding hydrogens is 360 g/mol. The van der Waals surface area contributed by atoms with Crippen LogP contribution in [0.4, 0.5) is 5.69 Å². The van der Waals surface area contributed by atoms with E-state index in [1.54, 1.807) is 24.3 Å². The van der Waals surface area contributed by atoms with Crippen LogP contribution >= 0.6 is 23.4 Å². The van der Waals surface area contributed by atoms with E-state index in [-0.39, 0.29) is 23.7 Å². The lowest BCUT2D eigenvalue weighted by Gasteiger charge is -2.16. The van der Waals surface area contributed by atoms with E-state index in [9.17, 15) is 9.59 Å². The number of rotatable bonds is 4. The molecule has 0 spiro atoms. The Kier molecular flexibility index (Phi) is 6.24. The molecule has 1 aromatic carbocycles. The van der Waals surface area contributed by atoms with E-state index in [2.05, 4.69) is 20.8 Å². The van der Waals surface area contributed by atoms with Gasteiger partial charge < -0.3 is 10.6 Å². The van der Waals surface area contributed by atoms with Crippen LogP contribution in [0.3, 0.4) is 0 Å². The van der Waals surface area contributed by atoms with Crippen LogP contribution in [0, 0.1) is 5.41 Å². The van der Waals surface area contributed by atoms with E-state index >= 15 is 0 Å². The molecule has 0 radical (unpaired) electrons. The molecule has 1 aliphatic rings. The minimum atomic E-state index is -0.517. The molecule has 134 valence electrons. The Morgan fingerprint density at radius 2 is 1.96 bits per heavy atom. The van der Waals surface area contributed by atoms with Crippen LogP contribution < -0.4 is 10.6 Å². The van der Waals surface area contributed by atoms with Crippen LogP contribution in [0.25, 0.3) is 0 Å². The van der Waals surface area contributed by atoms with Crippen molar-refractivity contribution >= 4 is 51.7 Å². The summed E-state index contributed by atoms with van der Waals surface area (Å²) in [6, 6.07) is 6.79. The number of hydrogen-bond donors (Lipinski definition) is 2. The van der Waals surface area contributed by atoms with Crippen molar-refractivity contribution in [2.24, 2.45) is 15.6 Å². The van der Waals surface area contributed by atoms with Gasteiger partial charge in [0.2, 0.25) is 11.8 Å². The summed E-state index contributed by atoms with van der Waals surface area (Å²) in [5, 5.41) is 14.1. The highest BCUT2D eigenvalue weighted by Gasteiger charge is 2.32.